The molecule has 1 aliphatic carbocycles. The third kappa shape index (κ3) is 1.78. The highest BCUT2D eigenvalue weighted by atomic mass is 32.2. The number of ether oxygens (including phenoxy) is 1. The van der Waals surface area contributed by atoms with E-state index in [0.29, 0.717) is 17.3 Å². The molecular weight excluding hydrogens is 172 g/mol. The SMILES string of the molecule is CSC1CCC(C2CO2)CC1O. The van der Waals surface area contributed by atoms with Crippen molar-refractivity contribution < 1.29 is 9.84 Å². The van der Waals surface area contributed by atoms with E-state index in [1.54, 1.807) is 11.8 Å². The van der Waals surface area contributed by atoms with Crippen LogP contribution in [-0.4, -0.2) is 35.4 Å². The summed E-state index contributed by atoms with van der Waals surface area (Å²) in [5, 5.41) is 10.2. The quantitative estimate of drug-likeness (QED) is 0.663. The van der Waals surface area contributed by atoms with Crippen LogP contribution in [-0.2, 0) is 4.74 Å². The van der Waals surface area contributed by atoms with E-state index in [1.165, 1.54) is 6.42 Å². The van der Waals surface area contributed by atoms with Crippen molar-refractivity contribution in [2.24, 2.45) is 5.92 Å². The maximum atomic E-state index is 9.74. The lowest BCUT2D eigenvalue weighted by molar-refractivity contribution is 0.0965. The van der Waals surface area contributed by atoms with Crippen molar-refractivity contribution >= 4 is 11.8 Å². The molecule has 0 aromatic rings. The zero-order chi connectivity index (χ0) is 8.55. The molecule has 3 heteroatoms. The van der Waals surface area contributed by atoms with Crippen molar-refractivity contribution in [3.63, 3.8) is 0 Å². The van der Waals surface area contributed by atoms with Crippen molar-refractivity contribution in [2.75, 3.05) is 12.9 Å². The van der Waals surface area contributed by atoms with Crippen LogP contribution in [0.1, 0.15) is 19.3 Å². The molecule has 0 radical (unpaired) electrons. The zero-order valence-electron chi connectivity index (χ0n) is 7.40. The van der Waals surface area contributed by atoms with E-state index in [2.05, 4.69) is 6.26 Å². The summed E-state index contributed by atoms with van der Waals surface area (Å²) in [5.74, 6) is 0.642. The fourth-order valence-corrected chi connectivity index (χ4v) is 2.89. The van der Waals surface area contributed by atoms with Gasteiger partial charge in [-0.1, -0.05) is 0 Å². The van der Waals surface area contributed by atoms with Crippen LogP contribution >= 0.6 is 11.8 Å². The zero-order valence-corrected chi connectivity index (χ0v) is 8.22. The average Bonchev–Trinajstić information content (AvgIpc) is 2.86. The molecular formula is C9H16O2S. The molecule has 0 spiro atoms. The van der Waals surface area contributed by atoms with Gasteiger partial charge in [0.2, 0.25) is 0 Å². The number of thioether (sulfide) groups is 1. The van der Waals surface area contributed by atoms with Gasteiger partial charge in [0.15, 0.2) is 0 Å². The number of aliphatic hydroxyl groups excluding tert-OH is 1. The summed E-state index contributed by atoms with van der Waals surface area (Å²) in [6.07, 6.45) is 5.84. The van der Waals surface area contributed by atoms with Crippen LogP contribution in [0.3, 0.4) is 0 Å². The molecule has 1 heterocycles. The molecule has 2 aliphatic rings. The van der Waals surface area contributed by atoms with Crippen LogP contribution in [0.25, 0.3) is 0 Å². The molecule has 2 fully saturated rings. The lowest BCUT2D eigenvalue weighted by Crippen LogP contribution is -2.33. The second kappa shape index (κ2) is 3.56. The maximum absolute atomic E-state index is 9.74. The molecule has 1 aliphatic heterocycles. The molecule has 2 rings (SSSR count). The molecule has 4 unspecified atom stereocenters. The molecule has 1 N–H and O–H groups in total. The van der Waals surface area contributed by atoms with E-state index in [-0.39, 0.29) is 6.10 Å². The monoisotopic (exact) mass is 188 g/mol. The van der Waals surface area contributed by atoms with Gasteiger partial charge in [-0.25, -0.2) is 0 Å². The van der Waals surface area contributed by atoms with Gasteiger partial charge < -0.3 is 9.84 Å². The predicted octanol–water partition coefficient (Wildman–Crippen LogP) is 1.28. The minimum Gasteiger partial charge on any atom is -0.392 e. The third-order valence-electron chi connectivity index (χ3n) is 2.98. The first kappa shape index (κ1) is 8.85. The summed E-state index contributed by atoms with van der Waals surface area (Å²) in [7, 11) is 0. The van der Waals surface area contributed by atoms with E-state index < -0.39 is 0 Å². The van der Waals surface area contributed by atoms with Crippen LogP contribution in [0.2, 0.25) is 0 Å². The standard InChI is InChI=1S/C9H16O2S/c1-12-9-3-2-6(4-7(9)10)8-5-11-8/h6-10H,2-5H2,1H3. The lowest BCUT2D eigenvalue weighted by Gasteiger charge is -2.31. The molecule has 0 amide bonds. The summed E-state index contributed by atoms with van der Waals surface area (Å²) < 4.78 is 5.25. The minimum absolute atomic E-state index is 0.0945. The Morgan fingerprint density at radius 1 is 1.42 bits per heavy atom. The van der Waals surface area contributed by atoms with Crippen molar-refractivity contribution in [3.8, 4) is 0 Å². The molecule has 0 aromatic heterocycles. The van der Waals surface area contributed by atoms with Gasteiger partial charge in [-0.15, -0.1) is 0 Å². The summed E-state index contributed by atoms with van der Waals surface area (Å²) in [4.78, 5) is 0. The smallest absolute Gasteiger partial charge is 0.0839 e. The molecule has 1 saturated heterocycles. The molecule has 2 nitrogen and oxygen atoms in total. The Labute approximate surface area is 77.7 Å². The Bertz CT molecular complexity index is 159. The van der Waals surface area contributed by atoms with Crippen LogP contribution in [0, 0.1) is 5.92 Å². The normalized spacial score (nSPS) is 47.5. The van der Waals surface area contributed by atoms with Crippen LogP contribution in [0.4, 0.5) is 0 Å². The highest BCUT2D eigenvalue weighted by molar-refractivity contribution is 7.99. The van der Waals surface area contributed by atoms with E-state index in [4.69, 9.17) is 4.74 Å². The van der Waals surface area contributed by atoms with E-state index >= 15 is 0 Å². The van der Waals surface area contributed by atoms with Crippen molar-refractivity contribution in [3.05, 3.63) is 0 Å². The Hall–Kier alpha value is 0.270. The number of rotatable bonds is 2. The van der Waals surface area contributed by atoms with Gasteiger partial charge in [0.1, 0.15) is 0 Å². The Morgan fingerprint density at radius 2 is 2.17 bits per heavy atom. The van der Waals surface area contributed by atoms with Gasteiger partial charge >= 0.3 is 0 Å². The van der Waals surface area contributed by atoms with Gasteiger partial charge in [0, 0.05) is 5.25 Å². The van der Waals surface area contributed by atoms with Gasteiger partial charge in [-0.2, -0.15) is 11.8 Å². The number of aliphatic hydroxyl groups is 1. The predicted molar refractivity (Wildman–Crippen MR) is 50.4 cm³/mol. The van der Waals surface area contributed by atoms with Crippen LogP contribution in [0.15, 0.2) is 0 Å². The van der Waals surface area contributed by atoms with Crippen LogP contribution < -0.4 is 0 Å². The first-order valence-corrected chi connectivity index (χ1v) is 5.92. The van der Waals surface area contributed by atoms with Crippen molar-refractivity contribution in [2.45, 2.75) is 36.7 Å². The third-order valence-corrected chi connectivity index (χ3v) is 4.14. The molecule has 12 heavy (non-hydrogen) atoms. The molecule has 1 saturated carbocycles. The number of epoxide rings is 1. The second-order valence-corrected chi connectivity index (χ2v) is 4.86. The van der Waals surface area contributed by atoms with Gasteiger partial charge in [0.25, 0.3) is 0 Å². The van der Waals surface area contributed by atoms with Crippen LogP contribution in [0.5, 0.6) is 0 Å². The summed E-state index contributed by atoms with van der Waals surface area (Å²) in [6, 6.07) is 0. The minimum atomic E-state index is -0.0945. The average molecular weight is 188 g/mol. The maximum Gasteiger partial charge on any atom is 0.0839 e. The lowest BCUT2D eigenvalue weighted by atomic mass is 9.85. The summed E-state index contributed by atoms with van der Waals surface area (Å²) in [5.41, 5.74) is 0. The Morgan fingerprint density at radius 3 is 2.67 bits per heavy atom. The topological polar surface area (TPSA) is 32.8 Å². The van der Waals surface area contributed by atoms with Crippen molar-refractivity contribution in [1.82, 2.24) is 0 Å². The van der Waals surface area contributed by atoms with Gasteiger partial charge in [0.05, 0.1) is 18.8 Å². The molecule has 4 atom stereocenters. The van der Waals surface area contributed by atoms with Crippen molar-refractivity contribution in [1.29, 1.82) is 0 Å². The number of hydrogen-bond donors (Lipinski definition) is 1. The Balaban J connectivity index is 1.84. The fourth-order valence-electron chi connectivity index (χ4n) is 2.09. The van der Waals surface area contributed by atoms with E-state index in [1.807, 2.05) is 0 Å². The second-order valence-electron chi connectivity index (χ2n) is 3.79. The Kier molecular flexibility index (Phi) is 2.63. The molecule has 0 bridgehead atoms. The number of hydrogen-bond acceptors (Lipinski definition) is 3. The highest BCUT2D eigenvalue weighted by Crippen LogP contribution is 2.37. The molecule has 70 valence electrons. The molecule has 0 aromatic carbocycles. The largest absolute Gasteiger partial charge is 0.392 e. The van der Waals surface area contributed by atoms with Gasteiger partial charge in [-0.3, -0.25) is 0 Å². The van der Waals surface area contributed by atoms with Gasteiger partial charge in [-0.05, 0) is 31.4 Å². The fraction of sp³-hybridized carbons (Fsp3) is 1.00. The summed E-state index contributed by atoms with van der Waals surface area (Å²) in [6.45, 7) is 0.932. The van der Waals surface area contributed by atoms with E-state index in [9.17, 15) is 5.11 Å². The first-order valence-electron chi connectivity index (χ1n) is 4.63. The van der Waals surface area contributed by atoms with E-state index in [0.717, 1.165) is 19.4 Å². The highest BCUT2D eigenvalue weighted by Gasteiger charge is 2.38. The first-order chi connectivity index (χ1) is 5.81. The summed E-state index contributed by atoms with van der Waals surface area (Å²) >= 11 is 1.80.